The minimum atomic E-state index is -0.190. The monoisotopic (exact) mass is 260 g/mol. The van der Waals surface area contributed by atoms with Crippen LogP contribution in [-0.4, -0.2) is 35.2 Å². The highest BCUT2D eigenvalue weighted by Crippen LogP contribution is 2.30. The number of likely N-dealkylation sites (tertiary alicyclic amines) is 1. The zero-order valence-corrected chi connectivity index (χ0v) is 11.7. The van der Waals surface area contributed by atoms with E-state index in [0.717, 1.165) is 25.9 Å². The van der Waals surface area contributed by atoms with Crippen molar-refractivity contribution in [1.82, 2.24) is 4.90 Å². The maximum atomic E-state index is 9.61. The van der Waals surface area contributed by atoms with Gasteiger partial charge in [0.1, 0.15) is 0 Å². The third-order valence-electron chi connectivity index (χ3n) is 4.42. The van der Waals surface area contributed by atoms with E-state index in [2.05, 4.69) is 28.4 Å². The van der Waals surface area contributed by atoms with Crippen LogP contribution in [0.25, 0.3) is 0 Å². The van der Waals surface area contributed by atoms with Crippen molar-refractivity contribution in [2.45, 2.75) is 51.3 Å². The minimum Gasteiger partial charge on any atom is -0.393 e. The van der Waals surface area contributed by atoms with Crippen molar-refractivity contribution >= 4 is 5.69 Å². The third-order valence-corrected chi connectivity index (χ3v) is 4.42. The maximum absolute atomic E-state index is 9.61. The molecule has 104 valence electrons. The van der Waals surface area contributed by atoms with E-state index in [4.69, 9.17) is 0 Å². The summed E-state index contributed by atoms with van der Waals surface area (Å²) in [6.45, 7) is 5.16. The van der Waals surface area contributed by atoms with E-state index in [0.29, 0.717) is 6.04 Å². The number of benzene rings is 1. The highest BCUT2D eigenvalue weighted by molar-refractivity contribution is 5.61. The van der Waals surface area contributed by atoms with Gasteiger partial charge in [0.15, 0.2) is 0 Å². The summed E-state index contributed by atoms with van der Waals surface area (Å²) in [5.74, 6) is 0. The molecule has 2 aliphatic rings. The van der Waals surface area contributed by atoms with Crippen LogP contribution in [0.3, 0.4) is 0 Å². The lowest BCUT2D eigenvalue weighted by Crippen LogP contribution is -2.31. The van der Waals surface area contributed by atoms with Gasteiger partial charge in [-0.1, -0.05) is 18.2 Å². The quantitative estimate of drug-likeness (QED) is 0.872. The highest BCUT2D eigenvalue weighted by Gasteiger charge is 2.26. The first kappa shape index (κ1) is 12.9. The van der Waals surface area contributed by atoms with Crippen LogP contribution in [0.1, 0.15) is 37.3 Å². The molecule has 1 fully saturated rings. The summed E-state index contributed by atoms with van der Waals surface area (Å²) in [6.07, 6.45) is 4.36. The van der Waals surface area contributed by atoms with E-state index < -0.39 is 0 Å². The fraction of sp³-hybridized carbons (Fsp3) is 0.625. The zero-order valence-electron chi connectivity index (χ0n) is 11.7. The van der Waals surface area contributed by atoms with Crippen molar-refractivity contribution in [2.75, 3.05) is 18.4 Å². The molecule has 0 aromatic heterocycles. The van der Waals surface area contributed by atoms with E-state index in [9.17, 15) is 5.11 Å². The molecule has 2 unspecified atom stereocenters. The molecule has 1 aromatic carbocycles. The Labute approximate surface area is 115 Å². The van der Waals surface area contributed by atoms with Gasteiger partial charge in [-0.3, -0.25) is 4.90 Å². The van der Waals surface area contributed by atoms with Crippen molar-refractivity contribution in [3.8, 4) is 0 Å². The molecule has 0 aliphatic carbocycles. The van der Waals surface area contributed by atoms with Gasteiger partial charge in [-0.25, -0.2) is 0 Å². The Balaban J connectivity index is 1.72. The molecule has 2 heterocycles. The van der Waals surface area contributed by atoms with Crippen LogP contribution in [0.15, 0.2) is 18.2 Å². The first-order chi connectivity index (χ1) is 9.24. The molecule has 2 aliphatic heterocycles. The molecule has 2 atom stereocenters. The van der Waals surface area contributed by atoms with Crippen molar-refractivity contribution in [3.63, 3.8) is 0 Å². The van der Waals surface area contributed by atoms with E-state index in [1.807, 2.05) is 6.92 Å². The molecule has 19 heavy (non-hydrogen) atoms. The van der Waals surface area contributed by atoms with Crippen molar-refractivity contribution in [2.24, 2.45) is 0 Å². The van der Waals surface area contributed by atoms with Gasteiger partial charge in [0.25, 0.3) is 0 Å². The minimum absolute atomic E-state index is 0.190. The molecule has 0 amide bonds. The first-order valence-electron chi connectivity index (χ1n) is 7.51. The largest absolute Gasteiger partial charge is 0.393 e. The lowest BCUT2D eigenvalue weighted by Gasteiger charge is -2.26. The van der Waals surface area contributed by atoms with Gasteiger partial charge in [-0.2, -0.15) is 0 Å². The Morgan fingerprint density at radius 1 is 1.47 bits per heavy atom. The second kappa shape index (κ2) is 5.51. The van der Waals surface area contributed by atoms with Crippen LogP contribution in [0, 0.1) is 0 Å². The number of rotatable bonds is 4. The van der Waals surface area contributed by atoms with Gasteiger partial charge in [-0.05, 0) is 50.3 Å². The number of fused-ring (bicyclic) bond motifs is 1. The summed E-state index contributed by atoms with van der Waals surface area (Å²) in [4.78, 5) is 2.54. The van der Waals surface area contributed by atoms with Gasteiger partial charge >= 0.3 is 0 Å². The smallest absolute Gasteiger partial charge is 0.0527 e. The van der Waals surface area contributed by atoms with Crippen LogP contribution in [0.4, 0.5) is 5.69 Å². The lowest BCUT2D eigenvalue weighted by molar-refractivity contribution is 0.131. The molecule has 1 aromatic rings. The standard InChI is InChI=1S/C16H24N2O/c1-12(19)10-15-6-3-9-18(15)11-14-5-2-4-13-7-8-17-16(13)14/h2,4-5,12,15,17,19H,3,6-11H2,1H3. The van der Waals surface area contributed by atoms with Crippen LogP contribution in [0.5, 0.6) is 0 Å². The average molecular weight is 260 g/mol. The van der Waals surface area contributed by atoms with Crippen molar-refractivity contribution < 1.29 is 5.11 Å². The number of aliphatic hydroxyl groups is 1. The summed E-state index contributed by atoms with van der Waals surface area (Å²) < 4.78 is 0. The fourth-order valence-corrected chi connectivity index (χ4v) is 3.53. The number of hydrogen-bond acceptors (Lipinski definition) is 3. The van der Waals surface area contributed by atoms with E-state index in [-0.39, 0.29) is 6.10 Å². The molecule has 0 radical (unpaired) electrons. The van der Waals surface area contributed by atoms with Crippen molar-refractivity contribution in [1.29, 1.82) is 0 Å². The molecular weight excluding hydrogens is 236 g/mol. The number of aliphatic hydroxyl groups excluding tert-OH is 1. The summed E-state index contributed by atoms with van der Waals surface area (Å²) in [5.41, 5.74) is 4.25. The number of nitrogens with one attached hydrogen (secondary N) is 1. The molecular formula is C16H24N2O. The highest BCUT2D eigenvalue weighted by atomic mass is 16.3. The number of hydrogen-bond donors (Lipinski definition) is 2. The predicted molar refractivity (Wildman–Crippen MR) is 78.4 cm³/mol. The number of nitrogens with zero attached hydrogens (tertiary/aromatic N) is 1. The normalized spacial score (nSPS) is 24.2. The van der Waals surface area contributed by atoms with Gasteiger partial charge in [0.05, 0.1) is 6.10 Å². The number of anilines is 1. The topological polar surface area (TPSA) is 35.5 Å². The van der Waals surface area contributed by atoms with Gasteiger partial charge in [-0.15, -0.1) is 0 Å². The first-order valence-corrected chi connectivity index (χ1v) is 7.51. The lowest BCUT2D eigenvalue weighted by atomic mass is 10.0. The van der Waals surface area contributed by atoms with E-state index in [1.54, 1.807) is 0 Å². The molecule has 3 heteroatoms. The van der Waals surface area contributed by atoms with Crippen LogP contribution in [-0.2, 0) is 13.0 Å². The van der Waals surface area contributed by atoms with Crippen LogP contribution in [0.2, 0.25) is 0 Å². The fourth-order valence-electron chi connectivity index (χ4n) is 3.53. The SMILES string of the molecule is CC(O)CC1CCCN1Cc1cccc2c1NCC2. The van der Waals surface area contributed by atoms with Gasteiger partial charge in [0, 0.05) is 24.8 Å². The Bertz CT molecular complexity index is 444. The zero-order chi connectivity index (χ0) is 13.2. The Morgan fingerprint density at radius 3 is 3.21 bits per heavy atom. The van der Waals surface area contributed by atoms with Crippen LogP contribution >= 0.6 is 0 Å². The molecule has 3 rings (SSSR count). The van der Waals surface area contributed by atoms with Crippen LogP contribution < -0.4 is 5.32 Å². The van der Waals surface area contributed by atoms with Gasteiger partial charge < -0.3 is 10.4 Å². The Morgan fingerprint density at radius 2 is 2.37 bits per heavy atom. The predicted octanol–water partition coefficient (Wildman–Crippen LogP) is 2.39. The molecule has 0 bridgehead atoms. The molecule has 3 nitrogen and oxygen atoms in total. The summed E-state index contributed by atoms with van der Waals surface area (Å²) in [7, 11) is 0. The average Bonchev–Trinajstić information content (AvgIpc) is 2.99. The molecule has 0 spiro atoms. The second-order valence-electron chi connectivity index (χ2n) is 5.98. The second-order valence-corrected chi connectivity index (χ2v) is 5.98. The van der Waals surface area contributed by atoms with Gasteiger partial charge in [0.2, 0.25) is 0 Å². The summed E-state index contributed by atoms with van der Waals surface area (Å²) in [5, 5.41) is 13.1. The Hall–Kier alpha value is -1.06. The summed E-state index contributed by atoms with van der Waals surface area (Å²) in [6, 6.07) is 7.21. The third kappa shape index (κ3) is 2.77. The summed E-state index contributed by atoms with van der Waals surface area (Å²) >= 11 is 0. The molecule has 1 saturated heterocycles. The van der Waals surface area contributed by atoms with E-state index in [1.165, 1.54) is 36.2 Å². The molecule has 0 saturated carbocycles. The molecule has 2 N–H and O–H groups in total. The maximum Gasteiger partial charge on any atom is 0.0527 e. The number of para-hydroxylation sites is 1. The van der Waals surface area contributed by atoms with E-state index >= 15 is 0 Å². The Kier molecular flexibility index (Phi) is 3.76. The van der Waals surface area contributed by atoms with Crippen molar-refractivity contribution in [3.05, 3.63) is 29.3 Å².